The van der Waals surface area contributed by atoms with Gasteiger partial charge in [-0.2, -0.15) is 4.31 Å². The van der Waals surface area contributed by atoms with Crippen LogP contribution in [0.3, 0.4) is 0 Å². The number of hydrogen-bond acceptors (Lipinski definition) is 4. The van der Waals surface area contributed by atoms with E-state index in [4.69, 9.17) is 4.74 Å². The van der Waals surface area contributed by atoms with Gasteiger partial charge in [-0.25, -0.2) is 12.8 Å². The molecule has 1 aliphatic rings. The van der Waals surface area contributed by atoms with Crippen LogP contribution in [0.5, 0.6) is 0 Å². The van der Waals surface area contributed by atoms with Crippen LogP contribution >= 0.6 is 0 Å². The molecule has 7 heteroatoms. The molecular formula is C14H21FN2O3S. The Balaban J connectivity index is 2.29. The van der Waals surface area contributed by atoms with Gasteiger partial charge >= 0.3 is 0 Å². The molecule has 1 saturated heterocycles. The Labute approximate surface area is 125 Å². The van der Waals surface area contributed by atoms with Crippen molar-refractivity contribution in [2.75, 3.05) is 26.8 Å². The van der Waals surface area contributed by atoms with E-state index in [1.807, 2.05) is 6.92 Å². The van der Waals surface area contributed by atoms with E-state index < -0.39 is 15.8 Å². The summed E-state index contributed by atoms with van der Waals surface area (Å²) < 4.78 is 45.6. The van der Waals surface area contributed by atoms with Crippen LogP contribution in [0.25, 0.3) is 0 Å². The number of ether oxygens (including phenoxy) is 1. The van der Waals surface area contributed by atoms with Gasteiger partial charge in [0, 0.05) is 20.2 Å². The van der Waals surface area contributed by atoms with Gasteiger partial charge < -0.3 is 10.1 Å². The molecule has 0 aliphatic carbocycles. The average Bonchev–Trinajstić information content (AvgIpc) is 2.99. The Kier molecular flexibility index (Phi) is 5.32. The van der Waals surface area contributed by atoms with Crippen LogP contribution in [-0.2, 0) is 21.3 Å². The van der Waals surface area contributed by atoms with Crippen LogP contribution in [0.15, 0.2) is 23.1 Å². The summed E-state index contributed by atoms with van der Waals surface area (Å²) in [7, 11) is -2.37. The molecule has 1 aromatic rings. The van der Waals surface area contributed by atoms with Gasteiger partial charge in [0.05, 0.1) is 12.6 Å². The molecule has 0 amide bonds. The minimum atomic E-state index is -3.85. The fraction of sp³-hybridized carbons (Fsp3) is 0.571. The number of halogens is 1. The highest BCUT2D eigenvalue weighted by molar-refractivity contribution is 7.89. The van der Waals surface area contributed by atoms with Crippen molar-refractivity contribution in [2.24, 2.45) is 0 Å². The average molecular weight is 316 g/mol. The molecule has 0 spiro atoms. The largest absolute Gasteiger partial charge is 0.380 e. The number of hydrogen-bond donors (Lipinski definition) is 1. The second-order valence-corrected chi connectivity index (χ2v) is 7.05. The maximum atomic E-state index is 14.0. The maximum absolute atomic E-state index is 14.0. The van der Waals surface area contributed by atoms with Gasteiger partial charge in [-0.15, -0.1) is 0 Å². The summed E-state index contributed by atoms with van der Waals surface area (Å²) in [5.74, 6) is -0.721. The molecule has 0 radical (unpaired) electrons. The van der Waals surface area contributed by atoms with E-state index in [0.29, 0.717) is 26.2 Å². The molecule has 1 unspecified atom stereocenters. The Morgan fingerprint density at radius 1 is 1.48 bits per heavy atom. The highest BCUT2D eigenvalue weighted by Gasteiger charge is 2.32. The number of likely N-dealkylation sites (N-methyl/N-ethyl adjacent to an activating group) is 1. The molecule has 1 heterocycles. The predicted molar refractivity (Wildman–Crippen MR) is 78.0 cm³/mol. The Hall–Kier alpha value is -1.02. The third-order valence-electron chi connectivity index (χ3n) is 3.65. The molecule has 2 rings (SSSR count). The number of sulfonamides is 1. The van der Waals surface area contributed by atoms with Gasteiger partial charge in [0.15, 0.2) is 0 Å². The van der Waals surface area contributed by atoms with Gasteiger partial charge in [0.2, 0.25) is 10.0 Å². The summed E-state index contributed by atoms with van der Waals surface area (Å²) in [6.45, 7) is 4.12. The van der Waals surface area contributed by atoms with E-state index in [1.54, 1.807) is 6.07 Å². The van der Waals surface area contributed by atoms with Gasteiger partial charge in [0.25, 0.3) is 0 Å². The quantitative estimate of drug-likeness (QED) is 0.860. The first kappa shape index (κ1) is 16.4. The lowest BCUT2D eigenvalue weighted by Crippen LogP contribution is -2.37. The SMILES string of the molecule is CCNCc1ccc(F)c(S(=O)(=O)N(C)C2CCOC2)c1. The normalized spacial score (nSPS) is 19.3. The molecule has 5 nitrogen and oxygen atoms in total. The van der Waals surface area contributed by atoms with Crippen molar-refractivity contribution in [1.82, 2.24) is 9.62 Å². The zero-order valence-corrected chi connectivity index (χ0v) is 13.1. The molecule has 1 atom stereocenters. The standard InChI is InChI=1S/C14H21FN2O3S/c1-3-16-9-11-4-5-13(15)14(8-11)21(18,19)17(2)12-6-7-20-10-12/h4-5,8,12,16H,3,6-7,9-10H2,1-2H3. The number of rotatable bonds is 6. The molecular weight excluding hydrogens is 295 g/mol. The number of benzene rings is 1. The predicted octanol–water partition coefficient (Wildman–Crippen LogP) is 1.34. The summed E-state index contributed by atoms with van der Waals surface area (Å²) in [6, 6.07) is 3.97. The van der Waals surface area contributed by atoms with Gasteiger partial charge in [0.1, 0.15) is 10.7 Å². The first-order chi connectivity index (χ1) is 9.96. The van der Waals surface area contributed by atoms with E-state index in [1.165, 1.54) is 23.5 Å². The van der Waals surface area contributed by atoms with E-state index >= 15 is 0 Å². The van der Waals surface area contributed by atoms with Crippen LogP contribution in [0.2, 0.25) is 0 Å². The molecule has 1 aliphatic heterocycles. The first-order valence-electron chi connectivity index (χ1n) is 7.01. The van der Waals surface area contributed by atoms with Crippen LogP contribution in [0.4, 0.5) is 4.39 Å². The van der Waals surface area contributed by atoms with Gasteiger partial charge in [-0.3, -0.25) is 0 Å². The fourth-order valence-corrected chi connectivity index (χ4v) is 3.77. The summed E-state index contributed by atoms with van der Waals surface area (Å²) in [5.41, 5.74) is 0.743. The Bertz CT molecular complexity index is 586. The third kappa shape index (κ3) is 3.60. The second kappa shape index (κ2) is 6.83. The number of nitrogens with zero attached hydrogens (tertiary/aromatic N) is 1. The molecule has 0 bridgehead atoms. The smallest absolute Gasteiger partial charge is 0.246 e. The molecule has 1 N–H and O–H groups in total. The van der Waals surface area contributed by atoms with Gasteiger partial charge in [-0.1, -0.05) is 13.0 Å². The zero-order valence-electron chi connectivity index (χ0n) is 12.3. The van der Waals surface area contributed by atoms with Crippen molar-refractivity contribution in [2.45, 2.75) is 30.8 Å². The molecule has 0 saturated carbocycles. The van der Waals surface area contributed by atoms with E-state index in [2.05, 4.69) is 5.32 Å². The number of nitrogens with one attached hydrogen (secondary N) is 1. The molecule has 21 heavy (non-hydrogen) atoms. The summed E-state index contributed by atoms with van der Waals surface area (Å²) in [5, 5.41) is 3.10. The second-order valence-electron chi connectivity index (χ2n) is 5.08. The lowest BCUT2D eigenvalue weighted by atomic mass is 10.2. The lowest BCUT2D eigenvalue weighted by Gasteiger charge is -2.23. The molecule has 1 fully saturated rings. The minimum absolute atomic E-state index is 0.230. The Morgan fingerprint density at radius 2 is 2.24 bits per heavy atom. The highest BCUT2D eigenvalue weighted by Crippen LogP contribution is 2.24. The van der Waals surface area contributed by atoms with Crippen molar-refractivity contribution in [1.29, 1.82) is 0 Å². The van der Waals surface area contributed by atoms with Crippen molar-refractivity contribution in [3.05, 3.63) is 29.6 Å². The molecule has 1 aromatic carbocycles. The highest BCUT2D eigenvalue weighted by atomic mass is 32.2. The Morgan fingerprint density at radius 3 is 2.86 bits per heavy atom. The topological polar surface area (TPSA) is 58.6 Å². The van der Waals surface area contributed by atoms with E-state index in [9.17, 15) is 12.8 Å². The summed E-state index contributed by atoms with van der Waals surface area (Å²) in [4.78, 5) is -0.271. The first-order valence-corrected chi connectivity index (χ1v) is 8.45. The van der Waals surface area contributed by atoms with Crippen LogP contribution < -0.4 is 5.32 Å². The summed E-state index contributed by atoms with van der Waals surface area (Å²) >= 11 is 0. The molecule has 118 valence electrons. The van der Waals surface area contributed by atoms with Crippen LogP contribution in [0, 0.1) is 5.82 Å². The van der Waals surface area contributed by atoms with Crippen molar-refractivity contribution >= 4 is 10.0 Å². The van der Waals surface area contributed by atoms with Crippen molar-refractivity contribution in [3.8, 4) is 0 Å². The minimum Gasteiger partial charge on any atom is -0.380 e. The van der Waals surface area contributed by atoms with Crippen molar-refractivity contribution in [3.63, 3.8) is 0 Å². The zero-order chi connectivity index (χ0) is 15.5. The van der Waals surface area contributed by atoms with E-state index in [-0.39, 0.29) is 10.9 Å². The monoisotopic (exact) mass is 316 g/mol. The summed E-state index contributed by atoms with van der Waals surface area (Å²) in [6.07, 6.45) is 0.633. The lowest BCUT2D eigenvalue weighted by molar-refractivity contribution is 0.180. The fourth-order valence-electron chi connectivity index (χ4n) is 2.28. The maximum Gasteiger partial charge on any atom is 0.246 e. The van der Waals surface area contributed by atoms with Crippen LogP contribution in [0.1, 0.15) is 18.9 Å². The van der Waals surface area contributed by atoms with E-state index in [0.717, 1.165) is 12.1 Å². The van der Waals surface area contributed by atoms with Crippen LogP contribution in [-0.4, -0.2) is 45.6 Å². The molecule has 0 aromatic heterocycles. The third-order valence-corrected chi connectivity index (χ3v) is 5.58. The van der Waals surface area contributed by atoms with Gasteiger partial charge in [-0.05, 0) is 30.7 Å². The van der Waals surface area contributed by atoms with Crippen molar-refractivity contribution < 1.29 is 17.5 Å².